The molecule has 2 heterocycles. The fourth-order valence-electron chi connectivity index (χ4n) is 3.74. The van der Waals surface area contributed by atoms with E-state index >= 15 is 0 Å². The number of rotatable bonds is 5. The Morgan fingerprint density at radius 2 is 1.91 bits per heavy atom. The molecule has 1 aromatic heterocycles. The molecule has 1 unspecified atom stereocenters. The van der Waals surface area contributed by atoms with Crippen molar-refractivity contribution in [3.63, 3.8) is 0 Å². The van der Waals surface area contributed by atoms with Gasteiger partial charge < -0.3 is 4.74 Å². The molecule has 0 saturated carbocycles. The molecule has 0 aliphatic carbocycles. The lowest BCUT2D eigenvalue weighted by atomic mass is 9.95. The zero-order chi connectivity index (χ0) is 24.7. The third-order valence-corrected chi connectivity index (χ3v) is 6.43. The van der Waals surface area contributed by atoms with Crippen molar-refractivity contribution in [3.05, 3.63) is 74.5 Å². The van der Waals surface area contributed by atoms with Crippen LogP contribution in [0.25, 0.3) is 11.6 Å². The average Bonchev–Trinajstić information content (AvgIpc) is 2.81. The summed E-state index contributed by atoms with van der Waals surface area (Å²) in [6.45, 7) is 11.4. The smallest absolute Gasteiger partial charge is 0.338 e. The first-order chi connectivity index (χ1) is 15.7. The van der Waals surface area contributed by atoms with Gasteiger partial charge in [0, 0.05) is 46.6 Å². The van der Waals surface area contributed by atoms with E-state index in [9.17, 15) is 13.6 Å². The van der Waals surface area contributed by atoms with E-state index in [1.165, 1.54) is 12.7 Å². The van der Waals surface area contributed by atoms with E-state index in [4.69, 9.17) is 0 Å². The first-order valence-electron chi connectivity index (χ1n) is 11.0. The van der Waals surface area contributed by atoms with E-state index < -0.39 is 17.6 Å². The quantitative estimate of drug-likeness (QED) is 0.405. The fourth-order valence-corrected chi connectivity index (χ4v) is 4.26. The summed E-state index contributed by atoms with van der Waals surface area (Å²) < 4.78 is 34.7. The van der Waals surface area contributed by atoms with Gasteiger partial charge in [-0.2, -0.15) is 0 Å². The van der Waals surface area contributed by atoms with Gasteiger partial charge in [0.25, 0.3) is 0 Å². The molecule has 0 spiro atoms. The maximum absolute atomic E-state index is 14.6. The van der Waals surface area contributed by atoms with Gasteiger partial charge in [-0.05, 0) is 51.0 Å². The van der Waals surface area contributed by atoms with Gasteiger partial charge in [0.05, 0.1) is 12.7 Å². The molecule has 0 bridgehead atoms. The van der Waals surface area contributed by atoms with Crippen LogP contribution in [0.5, 0.6) is 0 Å². The highest BCUT2D eigenvalue weighted by Crippen LogP contribution is 2.30. The van der Waals surface area contributed by atoms with Crippen LogP contribution in [-0.2, 0) is 4.74 Å². The van der Waals surface area contributed by atoms with Gasteiger partial charge in [0.2, 0.25) is 0 Å². The molecule has 0 N–H and O–H groups in total. The van der Waals surface area contributed by atoms with Crippen LogP contribution in [0.2, 0.25) is 0 Å². The lowest BCUT2D eigenvalue weighted by Gasteiger charge is -2.33. The normalized spacial score (nSPS) is 15.3. The number of nitrogens with zero attached hydrogens (tertiary/aromatic N) is 2. The summed E-state index contributed by atoms with van der Waals surface area (Å²) in [6, 6.07) is 4.13. The summed E-state index contributed by atoms with van der Waals surface area (Å²) in [4.78, 5) is 18.2. The van der Waals surface area contributed by atoms with Crippen molar-refractivity contribution < 1.29 is 18.3 Å². The Kier molecular flexibility index (Phi) is 9.92. The minimum atomic E-state index is -0.764. The summed E-state index contributed by atoms with van der Waals surface area (Å²) in [5.41, 5.74) is 3.58. The maximum Gasteiger partial charge on any atom is 0.338 e. The van der Waals surface area contributed by atoms with Crippen molar-refractivity contribution in [2.75, 3.05) is 20.2 Å². The molecule has 1 aromatic carbocycles. The van der Waals surface area contributed by atoms with Crippen LogP contribution in [0, 0.1) is 18.6 Å². The molecule has 0 saturated heterocycles. The minimum Gasteiger partial charge on any atom is -0.465 e. The number of aromatic nitrogens is 1. The molecule has 3 rings (SSSR count). The number of halogens is 3. The summed E-state index contributed by atoms with van der Waals surface area (Å²) in [5, 5.41) is 0. The van der Waals surface area contributed by atoms with Crippen LogP contribution in [0.15, 0.2) is 40.5 Å². The van der Waals surface area contributed by atoms with Crippen LogP contribution in [0.4, 0.5) is 8.78 Å². The Bertz CT molecular complexity index is 1020. The van der Waals surface area contributed by atoms with Crippen molar-refractivity contribution in [1.82, 2.24) is 9.88 Å². The van der Waals surface area contributed by atoms with Gasteiger partial charge in [-0.25, -0.2) is 13.6 Å². The minimum absolute atomic E-state index is 0.0675. The van der Waals surface area contributed by atoms with Gasteiger partial charge in [-0.15, -0.1) is 0 Å². The van der Waals surface area contributed by atoms with Gasteiger partial charge in [-0.1, -0.05) is 47.5 Å². The van der Waals surface area contributed by atoms with E-state index in [0.29, 0.717) is 25.1 Å². The number of pyridine rings is 1. The van der Waals surface area contributed by atoms with Crippen molar-refractivity contribution in [3.8, 4) is 0 Å². The number of ether oxygens (including phenoxy) is 1. The molecule has 1 aliphatic rings. The van der Waals surface area contributed by atoms with Gasteiger partial charge in [0.15, 0.2) is 0 Å². The molecule has 7 heteroatoms. The van der Waals surface area contributed by atoms with Gasteiger partial charge in [0.1, 0.15) is 11.6 Å². The van der Waals surface area contributed by atoms with Crippen molar-refractivity contribution in [1.29, 1.82) is 0 Å². The van der Waals surface area contributed by atoms with Gasteiger partial charge in [-0.3, -0.25) is 9.88 Å². The number of carbonyl (C=O) groups is 1. The highest BCUT2D eigenvalue weighted by molar-refractivity contribution is 9.10. The molecule has 0 fully saturated rings. The highest BCUT2D eigenvalue weighted by atomic mass is 79.9. The van der Waals surface area contributed by atoms with Crippen LogP contribution in [0.3, 0.4) is 0 Å². The van der Waals surface area contributed by atoms with E-state index in [1.54, 1.807) is 6.20 Å². The molecular weight excluding hydrogens is 490 g/mol. The molecule has 1 aliphatic heterocycles. The SMILES string of the molecule is CC.COC(=O)c1cc(F)c(C2=CCN(C(C)/C(C)=C/c3c(Br)ccnc3C)CC2)c(F)c1. The number of hydrogen-bond acceptors (Lipinski definition) is 4. The Labute approximate surface area is 203 Å². The molecule has 0 amide bonds. The van der Waals surface area contributed by atoms with E-state index in [2.05, 4.69) is 50.5 Å². The van der Waals surface area contributed by atoms with Crippen LogP contribution in [0.1, 0.15) is 61.3 Å². The third kappa shape index (κ3) is 6.36. The molecule has 1 atom stereocenters. The highest BCUT2D eigenvalue weighted by Gasteiger charge is 2.24. The predicted octanol–water partition coefficient (Wildman–Crippen LogP) is 6.82. The second-order valence-corrected chi connectivity index (χ2v) is 8.49. The molecule has 4 nitrogen and oxygen atoms in total. The number of esters is 1. The molecular formula is C26H31BrF2N2O2. The van der Waals surface area contributed by atoms with Crippen LogP contribution < -0.4 is 0 Å². The van der Waals surface area contributed by atoms with E-state index in [1.807, 2.05) is 32.9 Å². The Morgan fingerprint density at radius 3 is 2.42 bits per heavy atom. The molecule has 2 aromatic rings. The zero-order valence-electron chi connectivity index (χ0n) is 20.0. The zero-order valence-corrected chi connectivity index (χ0v) is 21.6. The Hall–Kier alpha value is -2.38. The largest absolute Gasteiger partial charge is 0.465 e. The van der Waals surface area contributed by atoms with E-state index in [0.717, 1.165) is 27.9 Å². The van der Waals surface area contributed by atoms with Crippen molar-refractivity contribution in [2.24, 2.45) is 0 Å². The fraction of sp³-hybridized carbons (Fsp3) is 0.385. The first-order valence-corrected chi connectivity index (χ1v) is 11.8. The Balaban J connectivity index is 0.00000187. The lowest BCUT2D eigenvalue weighted by Crippen LogP contribution is -2.37. The number of hydrogen-bond donors (Lipinski definition) is 0. The van der Waals surface area contributed by atoms with E-state index in [-0.39, 0.29) is 17.2 Å². The monoisotopic (exact) mass is 520 g/mol. The first kappa shape index (κ1) is 26.9. The second-order valence-electron chi connectivity index (χ2n) is 7.64. The topological polar surface area (TPSA) is 42.4 Å². The summed E-state index contributed by atoms with van der Waals surface area (Å²) in [6.07, 6.45) is 6.26. The summed E-state index contributed by atoms with van der Waals surface area (Å²) >= 11 is 3.58. The van der Waals surface area contributed by atoms with Crippen LogP contribution in [-0.4, -0.2) is 42.1 Å². The maximum atomic E-state index is 14.6. The molecule has 0 radical (unpaired) electrons. The lowest BCUT2D eigenvalue weighted by molar-refractivity contribution is 0.0599. The number of methoxy groups -OCH3 is 1. The standard InChI is InChI=1S/C24H25BrF2N2O2.C2H6/c1-14(11-19-15(2)28-8-5-20(19)25)16(3)29-9-6-17(7-10-29)23-21(26)12-18(13-22(23)27)24(30)31-4;1-2/h5-6,8,11-13,16H,7,9-10H2,1-4H3;1-2H3/b14-11+;. The average molecular weight is 521 g/mol. The molecule has 178 valence electrons. The predicted molar refractivity (Wildman–Crippen MR) is 133 cm³/mol. The van der Waals surface area contributed by atoms with Crippen LogP contribution >= 0.6 is 15.9 Å². The van der Waals surface area contributed by atoms with Crippen molar-refractivity contribution in [2.45, 2.75) is 47.1 Å². The van der Waals surface area contributed by atoms with Gasteiger partial charge >= 0.3 is 5.97 Å². The summed E-state index contributed by atoms with van der Waals surface area (Å²) in [5.74, 6) is -2.26. The number of benzene rings is 1. The number of aryl methyl sites for hydroxylation is 1. The molecule has 33 heavy (non-hydrogen) atoms. The third-order valence-electron chi connectivity index (χ3n) is 5.74. The Morgan fingerprint density at radius 1 is 1.27 bits per heavy atom. The summed E-state index contributed by atoms with van der Waals surface area (Å²) in [7, 11) is 1.18. The number of carbonyl (C=O) groups excluding carboxylic acids is 1. The second kappa shape index (κ2) is 12.2. The van der Waals surface area contributed by atoms with Crippen molar-refractivity contribution >= 4 is 33.5 Å².